The number of nitrogens with zero attached hydrogens (tertiary/aromatic N) is 1. The molecule has 0 spiro atoms. The van der Waals surface area contributed by atoms with Gasteiger partial charge < -0.3 is 19.3 Å². The van der Waals surface area contributed by atoms with Crippen molar-refractivity contribution in [2.45, 2.75) is 174 Å². The third-order valence-electron chi connectivity index (χ3n) is 8.23. The van der Waals surface area contributed by atoms with Crippen molar-refractivity contribution in [3.05, 3.63) is 24.3 Å². The highest BCUT2D eigenvalue weighted by atomic mass is 31.2. The van der Waals surface area contributed by atoms with Crippen molar-refractivity contribution >= 4 is 19.8 Å². The second kappa shape index (κ2) is 34.9. The Bertz CT molecular complexity index is 879. The number of rotatable bonds is 36. The van der Waals surface area contributed by atoms with E-state index in [0.717, 1.165) is 70.6 Å². The van der Waals surface area contributed by atoms with Gasteiger partial charge in [-0.3, -0.25) is 18.6 Å². The number of phosphoric acid groups is 1. The van der Waals surface area contributed by atoms with E-state index in [1.54, 1.807) is 0 Å². The molecule has 0 aromatic heterocycles. The maximum absolute atomic E-state index is 12.6. The summed E-state index contributed by atoms with van der Waals surface area (Å²) in [5.74, 6) is -0.823. The summed E-state index contributed by atoms with van der Waals surface area (Å²) in [4.78, 5) is 36.8. The number of hydrogen-bond acceptors (Lipinski definition) is 8. The third-order valence-corrected chi connectivity index (χ3v) is 9.21. The summed E-state index contributed by atoms with van der Waals surface area (Å²) >= 11 is 0. The molecule has 0 rings (SSSR count). The van der Waals surface area contributed by atoms with Gasteiger partial charge in [-0.25, -0.2) is 4.57 Å². The van der Waals surface area contributed by atoms with Crippen LogP contribution in [0, 0.1) is 0 Å². The molecule has 0 fully saturated rings. The van der Waals surface area contributed by atoms with Crippen LogP contribution in [-0.2, 0) is 32.7 Å². The molecule has 0 aliphatic heterocycles. The molecule has 0 bridgehead atoms. The number of hydrogen-bond donors (Lipinski definition) is 1. The fourth-order valence-corrected chi connectivity index (χ4v) is 5.89. The lowest BCUT2D eigenvalue weighted by Gasteiger charge is -2.20. The minimum absolute atomic E-state index is 0.00534. The van der Waals surface area contributed by atoms with Crippen molar-refractivity contribution < 1.29 is 37.6 Å². The summed E-state index contributed by atoms with van der Waals surface area (Å²) in [5.41, 5.74) is 0. The Balaban J connectivity index is 4.38. The summed E-state index contributed by atoms with van der Waals surface area (Å²) in [7, 11) is -0.716. The molecule has 0 aromatic rings. The molecular formula is C39H74NO8P. The van der Waals surface area contributed by atoms with Gasteiger partial charge in [-0.05, 0) is 78.3 Å². The van der Waals surface area contributed by atoms with Crippen molar-refractivity contribution in [1.82, 2.24) is 4.90 Å². The van der Waals surface area contributed by atoms with Crippen molar-refractivity contribution in [2.75, 3.05) is 40.5 Å². The van der Waals surface area contributed by atoms with E-state index >= 15 is 0 Å². The van der Waals surface area contributed by atoms with Crippen molar-refractivity contribution in [3.63, 3.8) is 0 Å². The zero-order chi connectivity index (χ0) is 36.3. The van der Waals surface area contributed by atoms with Gasteiger partial charge >= 0.3 is 19.8 Å². The van der Waals surface area contributed by atoms with E-state index in [9.17, 15) is 19.0 Å². The van der Waals surface area contributed by atoms with Crippen LogP contribution in [0.1, 0.15) is 168 Å². The second-order valence-electron chi connectivity index (χ2n) is 13.5. The molecule has 0 aliphatic rings. The van der Waals surface area contributed by atoms with Gasteiger partial charge in [0, 0.05) is 19.4 Å². The van der Waals surface area contributed by atoms with E-state index in [1.807, 2.05) is 19.0 Å². The third kappa shape index (κ3) is 36.1. The zero-order valence-electron chi connectivity index (χ0n) is 31.9. The SMILES string of the molecule is CCCCCC/C=C\CCCCCCCC(=O)OCC(COP(=O)(O)OCCN(C)C)OC(=O)CCCCCCC/C=C\CCCCCC. The number of likely N-dealkylation sites (N-methyl/N-ethyl adjacent to an activating group) is 1. The Morgan fingerprint density at radius 3 is 1.51 bits per heavy atom. The molecule has 0 saturated carbocycles. The average Bonchev–Trinajstić information content (AvgIpc) is 3.06. The van der Waals surface area contributed by atoms with Gasteiger partial charge in [-0.15, -0.1) is 0 Å². The van der Waals surface area contributed by atoms with Gasteiger partial charge in [0.05, 0.1) is 13.2 Å². The first-order chi connectivity index (χ1) is 23.7. The van der Waals surface area contributed by atoms with Crippen molar-refractivity contribution in [2.24, 2.45) is 0 Å². The zero-order valence-corrected chi connectivity index (χ0v) is 32.8. The Kier molecular flexibility index (Phi) is 33.8. The fourth-order valence-electron chi connectivity index (χ4n) is 5.15. The quantitative estimate of drug-likeness (QED) is 0.0293. The standard InChI is InChI=1S/C39H74NO8P/c1-5-7-9-11-13-15-17-19-21-23-25-27-29-31-38(41)45-35-37(36-47-49(43,44)46-34-33-40(3)4)48-39(42)32-30-28-26-24-22-20-18-16-14-12-10-8-6-2/h15-18,37H,5-14,19-36H2,1-4H3,(H,43,44)/b17-15-,18-16-. The summed E-state index contributed by atoms with van der Waals surface area (Å²) in [5, 5.41) is 0. The largest absolute Gasteiger partial charge is 0.472 e. The first-order valence-corrected chi connectivity index (χ1v) is 21.1. The minimum Gasteiger partial charge on any atom is -0.462 e. The van der Waals surface area contributed by atoms with Crippen LogP contribution in [0.2, 0.25) is 0 Å². The Morgan fingerprint density at radius 2 is 1.04 bits per heavy atom. The van der Waals surface area contributed by atoms with Crippen LogP contribution < -0.4 is 0 Å². The van der Waals surface area contributed by atoms with Crippen LogP contribution in [0.15, 0.2) is 24.3 Å². The maximum atomic E-state index is 12.6. The van der Waals surface area contributed by atoms with Crippen LogP contribution in [0.5, 0.6) is 0 Å². The van der Waals surface area contributed by atoms with Crippen molar-refractivity contribution in [1.29, 1.82) is 0 Å². The van der Waals surface area contributed by atoms with Crippen LogP contribution in [0.3, 0.4) is 0 Å². The summed E-state index contributed by atoms with van der Waals surface area (Å²) in [6, 6.07) is 0. The smallest absolute Gasteiger partial charge is 0.462 e. The number of ether oxygens (including phenoxy) is 2. The van der Waals surface area contributed by atoms with E-state index in [2.05, 4.69) is 38.2 Å². The lowest BCUT2D eigenvalue weighted by Crippen LogP contribution is -2.29. The van der Waals surface area contributed by atoms with E-state index in [-0.39, 0.29) is 32.0 Å². The average molecular weight is 716 g/mol. The summed E-state index contributed by atoms with van der Waals surface area (Å²) in [6.45, 7) is 4.26. The molecule has 10 heteroatoms. The number of esters is 2. The van der Waals surface area contributed by atoms with Crippen LogP contribution in [0.4, 0.5) is 0 Å². The second-order valence-corrected chi connectivity index (χ2v) is 14.9. The van der Waals surface area contributed by atoms with Gasteiger partial charge in [0.15, 0.2) is 6.10 Å². The number of carbonyl (C=O) groups is 2. The summed E-state index contributed by atoms with van der Waals surface area (Å²) < 4.78 is 33.3. The number of carbonyl (C=O) groups excluding carboxylic acids is 2. The van der Waals surface area contributed by atoms with Crippen LogP contribution in [0.25, 0.3) is 0 Å². The lowest BCUT2D eigenvalue weighted by atomic mass is 10.1. The van der Waals surface area contributed by atoms with Gasteiger partial charge in [-0.1, -0.05) is 115 Å². The topological polar surface area (TPSA) is 112 Å². The molecule has 0 aromatic carbocycles. The first-order valence-electron chi connectivity index (χ1n) is 19.6. The highest BCUT2D eigenvalue weighted by molar-refractivity contribution is 7.47. The maximum Gasteiger partial charge on any atom is 0.472 e. The predicted octanol–water partition coefficient (Wildman–Crippen LogP) is 10.7. The van der Waals surface area contributed by atoms with Gasteiger partial charge in [0.1, 0.15) is 6.61 Å². The molecular weight excluding hydrogens is 641 g/mol. The van der Waals surface area contributed by atoms with Crippen molar-refractivity contribution in [3.8, 4) is 0 Å². The predicted molar refractivity (Wildman–Crippen MR) is 202 cm³/mol. The molecule has 0 radical (unpaired) electrons. The molecule has 49 heavy (non-hydrogen) atoms. The number of allylic oxidation sites excluding steroid dienone is 4. The molecule has 288 valence electrons. The molecule has 9 nitrogen and oxygen atoms in total. The molecule has 0 aliphatic carbocycles. The van der Waals surface area contributed by atoms with E-state index in [0.29, 0.717) is 13.0 Å². The summed E-state index contributed by atoms with van der Waals surface area (Å²) in [6.07, 6.45) is 33.6. The Labute approximate surface area is 300 Å². The molecule has 0 saturated heterocycles. The lowest BCUT2D eigenvalue weighted by molar-refractivity contribution is -0.161. The normalized spacial score (nSPS) is 13.8. The van der Waals surface area contributed by atoms with E-state index in [4.69, 9.17) is 18.5 Å². The minimum atomic E-state index is -4.36. The number of unbranched alkanes of at least 4 members (excludes halogenated alkanes) is 18. The Hall–Kier alpha value is -1.51. The van der Waals surface area contributed by atoms with Crippen LogP contribution >= 0.6 is 7.82 Å². The molecule has 0 heterocycles. The first kappa shape index (κ1) is 47.5. The highest BCUT2D eigenvalue weighted by Crippen LogP contribution is 2.43. The fraction of sp³-hybridized carbons (Fsp3) is 0.846. The van der Waals surface area contributed by atoms with E-state index in [1.165, 1.54) is 64.2 Å². The molecule has 2 unspecified atom stereocenters. The number of phosphoric ester groups is 1. The van der Waals surface area contributed by atoms with Gasteiger partial charge in [0.25, 0.3) is 0 Å². The van der Waals surface area contributed by atoms with Gasteiger partial charge in [0.2, 0.25) is 0 Å². The highest BCUT2D eigenvalue weighted by Gasteiger charge is 2.26. The van der Waals surface area contributed by atoms with Crippen LogP contribution in [-0.4, -0.2) is 68.3 Å². The van der Waals surface area contributed by atoms with E-state index < -0.39 is 26.5 Å². The molecule has 2 atom stereocenters. The van der Waals surface area contributed by atoms with Gasteiger partial charge in [-0.2, -0.15) is 0 Å². The Morgan fingerprint density at radius 1 is 0.612 bits per heavy atom. The monoisotopic (exact) mass is 716 g/mol. The molecule has 1 N–H and O–H groups in total. The molecule has 0 amide bonds.